The standard InChI is InChI=1S/C14H19N3O2/c1-3-10(15)8-17-9(2)16-11-6-13-14(7-12(11)17)19-5-4-18-13/h6-7,10H,3-5,8,15H2,1-2H3. The molecule has 5 heteroatoms. The fraction of sp³-hybridized carbons (Fsp3) is 0.500. The second-order valence-electron chi connectivity index (χ2n) is 4.92. The molecule has 0 aliphatic carbocycles. The van der Waals surface area contributed by atoms with E-state index in [2.05, 4.69) is 16.5 Å². The number of fused-ring (bicyclic) bond motifs is 2. The molecule has 19 heavy (non-hydrogen) atoms. The SMILES string of the molecule is CCC(N)Cn1c(C)nc2cc3c(cc21)OCCO3. The van der Waals surface area contributed by atoms with Crippen LogP contribution in [0.1, 0.15) is 19.2 Å². The quantitative estimate of drug-likeness (QED) is 0.916. The van der Waals surface area contributed by atoms with Crippen molar-refractivity contribution in [2.45, 2.75) is 32.9 Å². The minimum absolute atomic E-state index is 0.143. The Morgan fingerprint density at radius 1 is 1.32 bits per heavy atom. The van der Waals surface area contributed by atoms with Gasteiger partial charge in [0.1, 0.15) is 19.0 Å². The first-order chi connectivity index (χ1) is 9.19. The van der Waals surface area contributed by atoms with E-state index >= 15 is 0 Å². The van der Waals surface area contributed by atoms with Gasteiger partial charge in [-0.05, 0) is 13.3 Å². The number of aryl methyl sites for hydroxylation is 1. The molecular formula is C14H19N3O2. The lowest BCUT2D eigenvalue weighted by Crippen LogP contribution is -2.25. The normalized spacial score (nSPS) is 15.7. The highest BCUT2D eigenvalue weighted by Crippen LogP contribution is 2.34. The zero-order valence-electron chi connectivity index (χ0n) is 11.3. The summed E-state index contributed by atoms with van der Waals surface area (Å²) < 4.78 is 13.4. The molecule has 5 nitrogen and oxygen atoms in total. The van der Waals surface area contributed by atoms with Gasteiger partial charge in [-0.25, -0.2) is 4.98 Å². The van der Waals surface area contributed by atoms with Gasteiger partial charge in [0.2, 0.25) is 0 Å². The van der Waals surface area contributed by atoms with E-state index < -0.39 is 0 Å². The number of imidazole rings is 1. The van der Waals surface area contributed by atoms with Crippen LogP contribution >= 0.6 is 0 Å². The Morgan fingerprint density at radius 3 is 2.68 bits per heavy atom. The molecular weight excluding hydrogens is 242 g/mol. The van der Waals surface area contributed by atoms with Crippen LogP contribution in [0.4, 0.5) is 0 Å². The third-order valence-corrected chi connectivity index (χ3v) is 3.54. The smallest absolute Gasteiger partial charge is 0.163 e. The Labute approximate surface area is 112 Å². The number of hydrogen-bond acceptors (Lipinski definition) is 4. The summed E-state index contributed by atoms with van der Waals surface area (Å²) in [5.74, 6) is 2.55. The summed E-state index contributed by atoms with van der Waals surface area (Å²) in [5.41, 5.74) is 8.05. The van der Waals surface area contributed by atoms with E-state index in [1.807, 2.05) is 19.1 Å². The summed E-state index contributed by atoms with van der Waals surface area (Å²) in [6, 6.07) is 4.10. The summed E-state index contributed by atoms with van der Waals surface area (Å²) >= 11 is 0. The van der Waals surface area contributed by atoms with Crippen molar-refractivity contribution in [3.63, 3.8) is 0 Å². The molecule has 1 unspecified atom stereocenters. The van der Waals surface area contributed by atoms with Gasteiger partial charge >= 0.3 is 0 Å². The number of aromatic nitrogens is 2. The molecule has 1 aliphatic heterocycles. The van der Waals surface area contributed by atoms with Gasteiger partial charge in [0.15, 0.2) is 11.5 Å². The van der Waals surface area contributed by atoms with E-state index in [4.69, 9.17) is 15.2 Å². The molecule has 0 spiro atoms. The predicted octanol–water partition coefficient (Wildman–Crippen LogP) is 1.85. The van der Waals surface area contributed by atoms with Crippen molar-refractivity contribution in [1.29, 1.82) is 0 Å². The fourth-order valence-corrected chi connectivity index (χ4v) is 2.38. The van der Waals surface area contributed by atoms with Gasteiger partial charge in [0, 0.05) is 24.7 Å². The number of nitrogens with zero attached hydrogens (tertiary/aromatic N) is 2. The van der Waals surface area contributed by atoms with Crippen molar-refractivity contribution in [3.05, 3.63) is 18.0 Å². The van der Waals surface area contributed by atoms with Crippen LogP contribution < -0.4 is 15.2 Å². The van der Waals surface area contributed by atoms with Crippen LogP contribution in [0.15, 0.2) is 12.1 Å². The number of hydrogen-bond donors (Lipinski definition) is 1. The van der Waals surface area contributed by atoms with Crippen LogP contribution in [0.3, 0.4) is 0 Å². The highest BCUT2D eigenvalue weighted by Gasteiger charge is 2.17. The van der Waals surface area contributed by atoms with Gasteiger partial charge in [0.05, 0.1) is 11.0 Å². The minimum Gasteiger partial charge on any atom is -0.486 e. The Bertz CT molecular complexity index is 606. The van der Waals surface area contributed by atoms with Crippen LogP contribution in [0, 0.1) is 6.92 Å². The number of ether oxygens (including phenoxy) is 2. The number of nitrogens with two attached hydrogens (primary N) is 1. The summed E-state index contributed by atoms with van der Waals surface area (Å²) in [4.78, 5) is 4.58. The highest BCUT2D eigenvalue weighted by molar-refractivity contribution is 5.80. The van der Waals surface area contributed by atoms with Crippen molar-refractivity contribution < 1.29 is 9.47 Å². The van der Waals surface area contributed by atoms with Crippen LogP contribution in [0.5, 0.6) is 11.5 Å². The molecule has 0 saturated carbocycles. The molecule has 0 bridgehead atoms. The van der Waals surface area contributed by atoms with E-state index in [0.29, 0.717) is 13.2 Å². The molecule has 3 rings (SSSR count). The average Bonchev–Trinajstić information content (AvgIpc) is 2.72. The van der Waals surface area contributed by atoms with E-state index in [0.717, 1.165) is 41.3 Å². The van der Waals surface area contributed by atoms with Crippen molar-refractivity contribution in [2.75, 3.05) is 13.2 Å². The summed E-state index contributed by atoms with van der Waals surface area (Å²) in [5, 5.41) is 0. The lowest BCUT2D eigenvalue weighted by molar-refractivity contribution is 0.172. The van der Waals surface area contributed by atoms with Crippen LogP contribution in [-0.2, 0) is 6.54 Å². The summed E-state index contributed by atoms with van der Waals surface area (Å²) in [7, 11) is 0. The molecule has 0 radical (unpaired) electrons. The van der Waals surface area contributed by atoms with Crippen LogP contribution in [0.2, 0.25) is 0 Å². The van der Waals surface area contributed by atoms with E-state index in [1.165, 1.54) is 0 Å². The Kier molecular flexibility index (Phi) is 3.06. The van der Waals surface area contributed by atoms with Gasteiger partial charge in [-0.3, -0.25) is 0 Å². The predicted molar refractivity (Wildman–Crippen MR) is 73.7 cm³/mol. The topological polar surface area (TPSA) is 62.3 Å². The first kappa shape index (κ1) is 12.3. The zero-order chi connectivity index (χ0) is 13.4. The first-order valence-corrected chi connectivity index (χ1v) is 6.71. The van der Waals surface area contributed by atoms with Crippen molar-refractivity contribution in [1.82, 2.24) is 9.55 Å². The average molecular weight is 261 g/mol. The van der Waals surface area contributed by atoms with Gasteiger partial charge in [-0.1, -0.05) is 6.92 Å². The Balaban J connectivity index is 2.09. The van der Waals surface area contributed by atoms with Gasteiger partial charge in [0.25, 0.3) is 0 Å². The molecule has 2 aromatic rings. The monoisotopic (exact) mass is 261 g/mol. The molecule has 0 amide bonds. The lowest BCUT2D eigenvalue weighted by Gasteiger charge is -2.18. The van der Waals surface area contributed by atoms with Crippen LogP contribution in [-0.4, -0.2) is 28.8 Å². The fourth-order valence-electron chi connectivity index (χ4n) is 2.38. The number of rotatable bonds is 3. The molecule has 0 fully saturated rings. The third kappa shape index (κ3) is 2.14. The lowest BCUT2D eigenvalue weighted by atomic mass is 10.2. The number of benzene rings is 1. The first-order valence-electron chi connectivity index (χ1n) is 6.71. The van der Waals surface area contributed by atoms with Crippen LogP contribution in [0.25, 0.3) is 11.0 Å². The van der Waals surface area contributed by atoms with E-state index in [1.54, 1.807) is 0 Å². The largest absolute Gasteiger partial charge is 0.486 e. The molecule has 2 N–H and O–H groups in total. The third-order valence-electron chi connectivity index (χ3n) is 3.54. The summed E-state index contributed by atoms with van der Waals surface area (Å²) in [6.45, 7) is 6.07. The van der Waals surface area contributed by atoms with Gasteiger partial charge in [-0.2, -0.15) is 0 Å². The van der Waals surface area contributed by atoms with Crippen molar-refractivity contribution in [3.8, 4) is 11.5 Å². The van der Waals surface area contributed by atoms with Gasteiger partial charge in [-0.15, -0.1) is 0 Å². The second kappa shape index (κ2) is 4.74. The van der Waals surface area contributed by atoms with E-state index in [-0.39, 0.29) is 6.04 Å². The van der Waals surface area contributed by atoms with Gasteiger partial charge < -0.3 is 19.8 Å². The maximum atomic E-state index is 6.06. The molecule has 1 aliphatic rings. The summed E-state index contributed by atoms with van der Waals surface area (Å²) in [6.07, 6.45) is 0.948. The molecule has 102 valence electrons. The minimum atomic E-state index is 0.143. The Morgan fingerprint density at radius 2 is 2.00 bits per heavy atom. The molecule has 1 atom stereocenters. The van der Waals surface area contributed by atoms with E-state index in [9.17, 15) is 0 Å². The molecule has 0 saturated heterocycles. The molecule has 1 aromatic heterocycles. The maximum absolute atomic E-state index is 6.06. The zero-order valence-corrected chi connectivity index (χ0v) is 11.3. The maximum Gasteiger partial charge on any atom is 0.163 e. The molecule has 2 heterocycles. The second-order valence-corrected chi connectivity index (χ2v) is 4.92. The van der Waals surface area contributed by atoms with Crippen molar-refractivity contribution >= 4 is 11.0 Å². The highest BCUT2D eigenvalue weighted by atomic mass is 16.6. The van der Waals surface area contributed by atoms with Crippen molar-refractivity contribution in [2.24, 2.45) is 5.73 Å². The molecule has 1 aromatic carbocycles. The Hall–Kier alpha value is -1.75.